The van der Waals surface area contributed by atoms with Crippen LogP contribution in [-0.4, -0.2) is 25.3 Å². The molecule has 0 radical (unpaired) electrons. The molecule has 5 heterocycles. The summed E-state index contributed by atoms with van der Waals surface area (Å²) >= 11 is 0. The second kappa shape index (κ2) is 19.2. The number of nitrogens with zero attached hydrogens (tertiary/aromatic N) is 5. The van der Waals surface area contributed by atoms with Crippen LogP contribution in [0.1, 0.15) is 80.7 Å². The van der Waals surface area contributed by atoms with E-state index in [1.165, 1.54) is 43.2 Å². The number of hydrogen-bond acceptors (Lipinski definition) is 7. The van der Waals surface area contributed by atoms with Crippen LogP contribution in [0.3, 0.4) is 0 Å². The zero-order valence-corrected chi connectivity index (χ0v) is 44.3. The summed E-state index contributed by atoms with van der Waals surface area (Å²) in [5, 5.41) is 19.4. The quantitative estimate of drug-likeness (QED) is 0.112. The monoisotopic (exact) mass is 1010 g/mol. The van der Waals surface area contributed by atoms with Crippen LogP contribution < -0.4 is 14.7 Å². The fourth-order valence-corrected chi connectivity index (χ4v) is 12.8. The van der Waals surface area contributed by atoms with Gasteiger partial charge in [-0.05, 0) is 83.4 Å². The number of furan rings is 2. The van der Waals surface area contributed by atoms with Crippen molar-refractivity contribution in [2.45, 2.75) is 58.3 Å². The third-order valence-electron chi connectivity index (χ3n) is 16.5. The summed E-state index contributed by atoms with van der Waals surface area (Å²) in [5.41, 5.74) is 14.7. The number of para-hydroxylation sites is 3. The van der Waals surface area contributed by atoms with Gasteiger partial charge in [0.15, 0.2) is 5.58 Å². The number of allylic oxidation sites excluding steroid dienone is 6. The average molecular weight is 1010 g/mol. The van der Waals surface area contributed by atoms with E-state index in [4.69, 9.17) is 13.8 Å². The minimum atomic E-state index is -0.226. The summed E-state index contributed by atoms with van der Waals surface area (Å²) in [7, 11) is 0. The van der Waals surface area contributed by atoms with Gasteiger partial charge in [-0.3, -0.25) is 0 Å². The molecule has 0 saturated heterocycles. The Morgan fingerprint density at radius 1 is 0.603 bits per heavy atom. The van der Waals surface area contributed by atoms with E-state index in [-0.39, 0.29) is 5.41 Å². The maximum atomic E-state index is 11.8. The Balaban J connectivity index is 1.22. The van der Waals surface area contributed by atoms with Gasteiger partial charge in [0.25, 0.3) is 0 Å². The summed E-state index contributed by atoms with van der Waals surface area (Å²) < 4.78 is 14.9. The van der Waals surface area contributed by atoms with Crippen molar-refractivity contribution >= 4 is 99.5 Å². The molecule has 1 fully saturated rings. The Morgan fingerprint density at radius 3 is 2.08 bits per heavy atom. The van der Waals surface area contributed by atoms with E-state index in [9.17, 15) is 5.26 Å². The normalized spacial score (nSPS) is 16.4. The second-order valence-corrected chi connectivity index (χ2v) is 22.3. The molecule has 7 nitrogen and oxygen atoms in total. The maximum Gasteiger partial charge on any atom is 0.159 e. The molecule has 1 saturated carbocycles. The lowest BCUT2D eigenvalue weighted by Crippen LogP contribution is -2.27. The molecule has 4 aliphatic rings. The van der Waals surface area contributed by atoms with Crippen LogP contribution in [0.2, 0.25) is 0 Å². The Bertz CT molecular complexity index is 4320. The predicted octanol–water partition coefficient (Wildman–Crippen LogP) is 18.3. The van der Waals surface area contributed by atoms with Gasteiger partial charge >= 0.3 is 0 Å². The fourth-order valence-electron chi connectivity index (χ4n) is 12.8. The standard InChI is InChI=1S/C71H59N5O2/c1-71(2,3)57-33-19-31-54-62-59(77-68(54)57)42-51(44-72)60-64(62)63-56(66(75-40-35-48(36-41-75)46-22-9-4-10-23-46)67(60)76-39-21-28-50(45-76)47-24-11-5-12-25-47)43-55(65(49-26-13-6-14-27-49)73-52-29-15-7-16-30-52)61-53-32-20-34-58(69(53)78-70(61)63)74-37-17-8-18-38-74/h4,6-10,13-23,26-37,40,42-43,45,47H,5,11-12,24-25,38-39,41H2,1-3H3/b73-65-. The van der Waals surface area contributed by atoms with Gasteiger partial charge in [0, 0.05) is 98.0 Å². The number of fused-ring (bicyclic) bond motifs is 11. The number of anilines is 3. The number of nitriles is 1. The molecule has 0 amide bonds. The third-order valence-corrected chi connectivity index (χ3v) is 16.5. The lowest BCUT2D eigenvalue weighted by atomic mass is 9.83. The molecule has 0 atom stereocenters. The Kier molecular flexibility index (Phi) is 11.6. The van der Waals surface area contributed by atoms with E-state index >= 15 is 0 Å². The summed E-state index contributed by atoms with van der Waals surface area (Å²) in [4.78, 5) is 12.7. The first kappa shape index (κ1) is 47.3. The van der Waals surface area contributed by atoms with E-state index in [0.717, 1.165) is 111 Å². The highest BCUT2D eigenvalue weighted by atomic mass is 16.3. The summed E-state index contributed by atoms with van der Waals surface area (Å²) in [6.07, 6.45) is 28.5. The zero-order valence-electron chi connectivity index (χ0n) is 44.3. The first-order valence-electron chi connectivity index (χ1n) is 27.7. The van der Waals surface area contributed by atoms with Crippen LogP contribution in [0.25, 0.3) is 71.0 Å². The van der Waals surface area contributed by atoms with Gasteiger partial charge in [-0.15, -0.1) is 0 Å². The van der Waals surface area contributed by atoms with Gasteiger partial charge in [-0.1, -0.05) is 180 Å². The van der Waals surface area contributed by atoms with Gasteiger partial charge in [0.2, 0.25) is 0 Å². The fraction of sp³-hybridized carbons (Fsp3) is 0.183. The van der Waals surface area contributed by atoms with E-state index in [2.05, 4.69) is 230 Å². The van der Waals surface area contributed by atoms with Gasteiger partial charge in [-0.2, -0.15) is 5.26 Å². The minimum absolute atomic E-state index is 0.226. The van der Waals surface area contributed by atoms with Crippen LogP contribution in [0.15, 0.2) is 220 Å². The molecule has 7 heteroatoms. The molecule has 8 aromatic carbocycles. The van der Waals surface area contributed by atoms with Crippen molar-refractivity contribution < 1.29 is 8.83 Å². The van der Waals surface area contributed by atoms with Gasteiger partial charge < -0.3 is 23.5 Å². The Hall–Kier alpha value is -9.12. The maximum absolute atomic E-state index is 11.8. The molecule has 10 aromatic rings. The molecular formula is C71H59N5O2. The molecule has 78 heavy (non-hydrogen) atoms. The molecule has 0 spiro atoms. The second-order valence-electron chi connectivity index (χ2n) is 22.3. The highest BCUT2D eigenvalue weighted by molar-refractivity contribution is 6.40. The van der Waals surface area contributed by atoms with Crippen LogP contribution in [0.4, 0.5) is 22.7 Å². The average Bonchev–Trinajstić information content (AvgIpc) is 4.22. The smallest absolute Gasteiger partial charge is 0.159 e. The van der Waals surface area contributed by atoms with Crippen molar-refractivity contribution in [1.82, 2.24) is 0 Å². The van der Waals surface area contributed by atoms with Crippen molar-refractivity contribution in [2.24, 2.45) is 10.9 Å². The van der Waals surface area contributed by atoms with E-state index in [0.29, 0.717) is 36.7 Å². The molecule has 380 valence electrons. The van der Waals surface area contributed by atoms with E-state index in [1.807, 2.05) is 12.1 Å². The summed E-state index contributed by atoms with van der Waals surface area (Å²) in [6.45, 7) is 8.63. The molecule has 14 rings (SSSR count). The molecule has 1 aliphatic carbocycles. The molecule has 0 unspecified atom stereocenters. The van der Waals surface area contributed by atoms with E-state index in [1.54, 1.807) is 0 Å². The highest BCUT2D eigenvalue weighted by Gasteiger charge is 2.34. The molecule has 0 bridgehead atoms. The topological polar surface area (TPSA) is 72.2 Å². The van der Waals surface area contributed by atoms with Crippen LogP contribution in [0, 0.1) is 17.2 Å². The highest BCUT2D eigenvalue weighted by Crippen LogP contribution is 2.55. The Morgan fingerprint density at radius 2 is 1.35 bits per heavy atom. The van der Waals surface area contributed by atoms with Gasteiger partial charge in [0.05, 0.1) is 40.1 Å². The molecule has 0 N–H and O–H groups in total. The van der Waals surface area contributed by atoms with Crippen molar-refractivity contribution in [2.75, 3.05) is 34.3 Å². The summed E-state index contributed by atoms with van der Waals surface area (Å²) in [5.74, 6) is 0.457. The first-order chi connectivity index (χ1) is 38.3. The third kappa shape index (κ3) is 7.97. The number of hydrogen-bond donors (Lipinski definition) is 0. The first-order valence-corrected chi connectivity index (χ1v) is 27.7. The number of benzene rings is 8. The molecule has 3 aliphatic heterocycles. The van der Waals surface area contributed by atoms with Crippen molar-refractivity contribution in [3.63, 3.8) is 0 Å². The van der Waals surface area contributed by atoms with Crippen molar-refractivity contribution in [1.29, 1.82) is 5.26 Å². The van der Waals surface area contributed by atoms with Crippen LogP contribution in [-0.2, 0) is 5.41 Å². The summed E-state index contributed by atoms with van der Waals surface area (Å²) in [6, 6.07) is 51.8. The molecular weight excluding hydrogens is 955 g/mol. The van der Waals surface area contributed by atoms with E-state index < -0.39 is 0 Å². The molecule has 2 aromatic heterocycles. The van der Waals surface area contributed by atoms with Gasteiger partial charge in [-0.25, -0.2) is 4.99 Å². The zero-order chi connectivity index (χ0) is 52.5. The van der Waals surface area contributed by atoms with Crippen LogP contribution >= 0.6 is 0 Å². The van der Waals surface area contributed by atoms with Crippen molar-refractivity contribution in [3.8, 4) is 6.07 Å². The largest absolute Gasteiger partial charge is 0.456 e. The predicted molar refractivity (Wildman–Crippen MR) is 325 cm³/mol. The SMILES string of the molecule is CC(C)(C)c1cccc2c1oc1cc(C#N)c3c(N4C=C(C5CCCCC5)C=CC4)c(N4C=CC(c5ccccc5)=CC4)c4cc(/C(=N\c5ccccc5)c5ccccc5)c5c6cccc(N7C=CC=CC7)c6oc5c4c3c12. The minimum Gasteiger partial charge on any atom is -0.456 e. The lowest BCUT2D eigenvalue weighted by Gasteiger charge is -2.35. The van der Waals surface area contributed by atoms with Gasteiger partial charge in [0.1, 0.15) is 16.7 Å². The number of aliphatic imine (C=N–C) groups is 1. The number of rotatable bonds is 8. The Labute approximate surface area is 455 Å². The van der Waals surface area contributed by atoms with Crippen LogP contribution in [0.5, 0.6) is 0 Å². The van der Waals surface area contributed by atoms with Crippen molar-refractivity contribution in [3.05, 3.63) is 234 Å². The lowest BCUT2D eigenvalue weighted by molar-refractivity contribution is 0.407.